The predicted octanol–water partition coefficient (Wildman–Crippen LogP) is 1.68. The van der Waals surface area contributed by atoms with Gasteiger partial charge in [-0.2, -0.15) is 4.98 Å². The predicted molar refractivity (Wildman–Crippen MR) is 33.3 cm³/mol. The molecule has 0 saturated carbocycles. The van der Waals surface area contributed by atoms with Crippen molar-refractivity contribution in [3.05, 3.63) is 11.7 Å². The van der Waals surface area contributed by atoms with E-state index in [0.717, 1.165) is 0 Å². The molecule has 1 heterocycles. The summed E-state index contributed by atoms with van der Waals surface area (Å²) >= 11 is 5.63. The second-order valence-electron chi connectivity index (χ2n) is 1.79. The quantitative estimate of drug-likeness (QED) is 0.566. The molecule has 0 aliphatic carbocycles. The van der Waals surface area contributed by atoms with Crippen LogP contribution in [0.25, 0.3) is 0 Å². The standard InChI is InChI=1S/C5H7ClN2O/c1-3(6)5-7-4(2)9-8-5/h3H,1-2H3/t3-/m0/s1. The Morgan fingerprint density at radius 2 is 2.33 bits per heavy atom. The summed E-state index contributed by atoms with van der Waals surface area (Å²) < 4.78 is 4.68. The highest BCUT2D eigenvalue weighted by atomic mass is 35.5. The largest absolute Gasteiger partial charge is 0.340 e. The lowest BCUT2D eigenvalue weighted by atomic mass is 10.5. The van der Waals surface area contributed by atoms with Crippen LogP contribution in [0.4, 0.5) is 0 Å². The summed E-state index contributed by atoms with van der Waals surface area (Å²) in [6, 6.07) is 0. The molecular formula is C5H7ClN2O. The smallest absolute Gasteiger partial charge is 0.223 e. The molecule has 0 fully saturated rings. The first-order valence-electron chi connectivity index (χ1n) is 2.64. The zero-order valence-electron chi connectivity index (χ0n) is 5.26. The van der Waals surface area contributed by atoms with E-state index in [1.165, 1.54) is 0 Å². The van der Waals surface area contributed by atoms with Crippen molar-refractivity contribution >= 4 is 11.6 Å². The van der Waals surface area contributed by atoms with E-state index < -0.39 is 0 Å². The van der Waals surface area contributed by atoms with Crippen LogP contribution in [-0.2, 0) is 0 Å². The average Bonchev–Trinajstić information content (AvgIpc) is 2.14. The number of alkyl halides is 1. The molecule has 0 N–H and O–H groups in total. The van der Waals surface area contributed by atoms with Gasteiger partial charge in [-0.15, -0.1) is 11.6 Å². The molecule has 9 heavy (non-hydrogen) atoms. The molecule has 3 nitrogen and oxygen atoms in total. The molecule has 1 aromatic heterocycles. The van der Waals surface area contributed by atoms with Crippen LogP contribution in [0.5, 0.6) is 0 Å². The summed E-state index contributed by atoms with van der Waals surface area (Å²) in [5, 5.41) is 3.43. The average molecular weight is 147 g/mol. The van der Waals surface area contributed by atoms with E-state index in [1.54, 1.807) is 13.8 Å². The first-order valence-corrected chi connectivity index (χ1v) is 3.08. The maximum Gasteiger partial charge on any atom is 0.223 e. The van der Waals surface area contributed by atoms with Gasteiger partial charge in [0.05, 0.1) is 5.38 Å². The van der Waals surface area contributed by atoms with Gasteiger partial charge in [0.25, 0.3) is 0 Å². The number of hydrogen-bond acceptors (Lipinski definition) is 3. The third kappa shape index (κ3) is 1.42. The number of nitrogens with zero attached hydrogens (tertiary/aromatic N) is 2. The fraction of sp³-hybridized carbons (Fsp3) is 0.600. The van der Waals surface area contributed by atoms with Gasteiger partial charge in [0.2, 0.25) is 5.89 Å². The van der Waals surface area contributed by atoms with Gasteiger partial charge >= 0.3 is 0 Å². The minimum absolute atomic E-state index is 0.164. The van der Waals surface area contributed by atoms with Gasteiger partial charge < -0.3 is 4.52 Å². The lowest BCUT2D eigenvalue weighted by Crippen LogP contribution is -1.85. The third-order valence-corrected chi connectivity index (χ3v) is 1.09. The number of halogens is 1. The van der Waals surface area contributed by atoms with Crippen molar-refractivity contribution in [2.24, 2.45) is 0 Å². The summed E-state index contributed by atoms with van der Waals surface area (Å²) in [4.78, 5) is 3.90. The van der Waals surface area contributed by atoms with Crippen molar-refractivity contribution in [1.82, 2.24) is 10.1 Å². The summed E-state index contributed by atoms with van der Waals surface area (Å²) in [6.07, 6.45) is 0. The van der Waals surface area contributed by atoms with Gasteiger partial charge in [-0.1, -0.05) is 5.16 Å². The first kappa shape index (κ1) is 6.55. The number of aryl methyl sites for hydroxylation is 1. The number of rotatable bonds is 1. The minimum Gasteiger partial charge on any atom is -0.340 e. The topological polar surface area (TPSA) is 38.9 Å². The Morgan fingerprint density at radius 1 is 1.67 bits per heavy atom. The molecule has 0 aliphatic heterocycles. The SMILES string of the molecule is Cc1nc([C@H](C)Cl)no1. The molecule has 0 aliphatic rings. The first-order chi connectivity index (χ1) is 4.20. The fourth-order valence-corrected chi connectivity index (χ4v) is 0.565. The van der Waals surface area contributed by atoms with E-state index in [2.05, 4.69) is 14.7 Å². The highest BCUT2D eigenvalue weighted by Crippen LogP contribution is 2.14. The Hall–Kier alpha value is -0.570. The van der Waals surface area contributed by atoms with Crippen LogP contribution >= 0.6 is 11.6 Å². The van der Waals surface area contributed by atoms with Crippen molar-refractivity contribution in [1.29, 1.82) is 0 Å². The van der Waals surface area contributed by atoms with E-state index >= 15 is 0 Å². The second-order valence-corrected chi connectivity index (χ2v) is 2.44. The normalized spacial score (nSPS) is 13.7. The Kier molecular flexibility index (Phi) is 1.71. The molecule has 0 unspecified atom stereocenters. The van der Waals surface area contributed by atoms with Crippen LogP contribution in [0.2, 0.25) is 0 Å². The zero-order chi connectivity index (χ0) is 6.85. The Morgan fingerprint density at radius 3 is 2.56 bits per heavy atom. The van der Waals surface area contributed by atoms with Crippen molar-refractivity contribution in [2.75, 3.05) is 0 Å². The molecule has 0 saturated heterocycles. The molecule has 0 aromatic carbocycles. The Bertz CT molecular complexity index is 197. The molecule has 50 valence electrons. The van der Waals surface area contributed by atoms with Crippen LogP contribution in [0, 0.1) is 6.92 Å². The third-order valence-electron chi connectivity index (χ3n) is 0.899. The summed E-state index contributed by atoms with van der Waals surface area (Å²) in [6.45, 7) is 3.53. The summed E-state index contributed by atoms with van der Waals surface area (Å²) in [5.41, 5.74) is 0. The van der Waals surface area contributed by atoms with Gasteiger partial charge in [-0.3, -0.25) is 0 Å². The summed E-state index contributed by atoms with van der Waals surface area (Å²) in [7, 11) is 0. The van der Waals surface area contributed by atoms with Crippen LogP contribution in [-0.4, -0.2) is 10.1 Å². The monoisotopic (exact) mass is 146 g/mol. The fourth-order valence-electron chi connectivity index (χ4n) is 0.477. The van der Waals surface area contributed by atoms with Gasteiger partial charge in [-0.25, -0.2) is 0 Å². The summed E-state index contributed by atoms with van der Waals surface area (Å²) in [5.74, 6) is 1.10. The van der Waals surface area contributed by atoms with E-state index in [0.29, 0.717) is 11.7 Å². The van der Waals surface area contributed by atoms with E-state index in [9.17, 15) is 0 Å². The van der Waals surface area contributed by atoms with Gasteiger partial charge in [0.1, 0.15) is 0 Å². The maximum absolute atomic E-state index is 5.63. The molecular weight excluding hydrogens is 140 g/mol. The van der Waals surface area contributed by atoms with Gasteiger partial charge in [0, 0.05) is 6.92 Å². The molecule has 0 amide bonds. The van der Waals surface area contributed by atoms with Crippen molar-refractivity contribution in [3.8, 4) is 0 Å². The van der Waals surface area contributed by atoms with Crippen LogP contribution in [0.1, 0.15) is 24.0 Å². The molecule has 0 bridgehead atoms. The highest BCUT2D eigenvalue weighted by Gasteiger charge is 2.06. The van der Waals surface area contributed by atoms with Crippen LogP contribution < -0.4 is 0 Å². The van der Waals surface area contributed by atoms with Crippen molar-refractivity contribution < 1.29 is 4.52 Å². The van der Waals surface area contributed by atoms with Gasteiger partial charge in [0.15, 0.2) is 5.82 Å². The lowest BCUT2D eigenvalue weighted by Gasteiger charge is -1.88. The second kappa shape index (κ2) is 2.35. The molecule has 1 aromatic rings. The zero-order valence-corrected chi connectivity index (χ0v) is 6.01. The Labute approximate surface area is 58.0 Å². The van der Waals surface area contributed by atoms with Crippen molar-refractivity contribution in [2.45, 2.75) is 19.2 Å². The molecule has 1 rings (SSSR count). The number of hydrogen-bond donors (Lipinski definition) is 0. The van der Waals surface area contributed by atoms with Crippen molar-refractivity contribution in [3.63, 3.8) is 0 Å². The number of aromatic nitrogens is 2. The van der Waals surface area contributed by atoms with E-state index in [-0.39, 0.29) is 5.38 Å². The van der Waals surface area contributed by atoms with E-state index in [1.807, 2.05) is 0 Å². The molecule has 1 atom stereocenters. The van der Waals surface area contributed by atoms with E-state index in [4.69, 9.17) is 11.6 Å². The lowest BCUT2D eigenvalue weighted by molar-refractivity contribution is 0.387. The molecule has 4 heteroatoms. The molecule has 0 spiro atoms. The highest BCUT2D eigenvalue weighted by molar-refractivity contribution is 6.20. The van der Waals surface area contributed by atoms with Gasteiger partial charge in [-0.05, 0) is 6.92 Å². The van der Waals surface area contributed by atoms with Crippen LogP contribution in [0.3, 0.4) is 0 Å². The minimum atomic E-state index is -0.164. The van der Waals surface area contributed by atoms with Crippen LogP contribution in [0.15, 0.2) is 4.52 Å². The Balaban J connectivity index is 2.85. The maximum atomic E-state index is 5.63. The molecule has 0 radical (unpaired) electrons.